The summed E-state index contributed by atoms with van der Waals surface area (Å²) in [6, 6.07) is -1.21. The van der Waals surface area contributed by atoms with Gasteiger partial charge in [-0.05, 0) is 13.3 Å². The van der Waals surface area contributed by atoms with Crippen molar-refractivity contribution in [3.8, 4) is 0 Å². The second-order valence-electron chi connectivity index (χ2n) is 7.47. The zero-order valence-electron chi connectivity index (χ0n) is 17.0. The number of hydrogen-bond acceptors (Lipinski definition) is 3. The molecule has 0 radical (unpaired) electrons. The number of carbonyl (C=O) groups is 2. The molecule has 0 saturated heterocycles. The third-order valence-electron chi connectivity index (χ3n) is 4.82. The summed E-state index contributed by atoms with van der Waals surface area (Å²) in [7, 11) is 0. The Hall–Kier alpha value is -1.10. The monoisotopic (exact) mass is 371 g/mol. The molecule has 0 unspecified atom stereocenters. The highest BCUT2D eigenvalue weighted by Gasteiger charge is 2.24. The zero-order chi connectivity index (χ0) is 19.6. The number of carboxylic acids is 1. The summed E-state index contributed by atoms with van der Waals surface area (Å²) in [5.41, 5.74) is 0. The van der Waals surface area contributed by atoms with E-state index in [1.54, 1.807) is 0 Å². The topological polar surface area (TPSA) is 86.6 Å². The maximum absolute atomic E-state index is 11.7. The van der Waals surface area contributed by atoms with Crippen LogP contribution in [0.2, 0.25) is 0 Å². The lowest BCUT2D eigenvalue weighted by Gasteiger charge is -2.16. The molecule has 0 bridgehead atoms. The Balaban J connectivity index is 3.38. The van der Waals surface area contributed by atoms with E-state index in [1.807, 2.05) is 0 Å². The molecule has 2 atom stereocenters. The number of unbranched alkanes of at least 4 members (excludes halogenated alkanes) is 13. The van der Waals surface area contributed by atoms with Gasteiger partial charge in [-0.25, -0.2) is 4.79 Å². The van der Waals surface area contributed by atoms with E-state index in [1.165, 1.54) is 77.6 Å². The molecule has 0 aromatic rings. The quantitative estimate of drug-likeness (QED) is 0.302. The molecule has 0 heterocycles. The van der Waals surface area contributed by atoms with E-state index in [0.29, 0.717) is 6.42 Å². The highest BCUT2D eigenvalue weighted by molar-refractivity contribution is 5.83. The van der Waals surface area contributed by atoms with Crippen molar-refractivity contribution in [1.82, 2.24) is 5.32 Å². The van der Waals surface area contributed by atoms with Crippen LogP contribution in [0, 0.1) is 0 Å². The Morgan fingerprint density at radius 1 is 0.769 bits per heavy atom. The molecule has 26 heavy (non-hydrogen) atoms. The molecule has 0 aliphatic rings. The summed E-state index contributed by atoms with van der Waals surface area (Å²) in [5.74, 6) is -1.49. The fourth-order valence-electron chi connectivity index (χ4n) is 3.11. The number of aliphatic hydroxyl groups excluding tert-OH is 1. The van der Waals surface area contributed by atoms with Crippen LogP contribution in [0.1, 0.15) is 110 Å². The number of aliphatic hydroxyl groups is 1. The fourth-order valence-corrected chi connectivity index (χ4v) is 3.11. The molecule has 5 heteroatoms. The van der Waals surface area contributed by atoms with Crippen molar-refractivity contribution in [2.75, 3.05) is 0 Å². The van der Waals surface area contributed by atoms with Crippen LogP contribution in [-0.2, 0) is 9.59 Å². The van der Waals surface area contributed by atoms with E-state index in [9.17, 15) is 14.7 Å². The summed E-state index contributed by atoms with van der Waals surface area (Å²) < 4.78 is 0. The first-order valence-electron chi connectivity index (χ1n) is 10.7. The Morgan fingerprint density at radius 2 is 1.15 bits per heavy atom. The standard InChI is InChI=1S/C21H41NO4/c1-3-4-5-6-7-8-9-10-11-12-13-14-15-16-17-19(24)22-20(18(2)23)21(25)26/h18,20,23H,3-17H2,1-2H3,(H,22,24)(H,25,26)/t18-,20+/m1/s1. The SMILES string of the molecule is CCCCCCCCCCCCCCCCC(=O)N[C@H](C(=O)O)[C@@H](C)O. The molecule has 0 rings (SSSR count). The van der Waals surface area contributed by atoms with Crippen molar-refractivity contribution in [3.05, 3.63) is 0 Å². The average molecular weight is 372 g/mol. The van der Waals surface area contributed by atoms with Crippen molar-refractivity contribution in [2.45, 2.75) is 122 Å². The second kappa shape index (κ2) is 17.3. The van der Waals surface area contributed by atoms with Crippen LogP contribution >= 0.6 is 0 Å². The van der Waals surface area contributed by atoms with Crippen molar-refractivity contribution in [1.29, 1.82) is 0 Å². The summed E-state index contributed by atoms with van der Waals surface area (Å²) in [4.78, 5) is 22.6. The van der Waals surface area contributed by atoms with E-state index < -0.39 is 18.1 Å². The van der Waals surface area contributed by atoms with Gasteiger partial charge in [-0.1, -0.05) is 90.4 Å². The van der Waals surface area contributed by atoms with Crippen LogP contribution in [0.25, 0.3) is 0 Å². The van der Waals surface area contributed by atoms with Gasteiger partial charge in [0.2, 0.25) is 5.91 Å². The van der Waals surface area contributed by atoms with Gasteiger partial charge in [0.15, 0.2) is 6.04 Å². The molecule has 3 N–H and O–H groups in total. The highest BCUT2D eigenvalue weighted by atomic mass is 16.4. The van der Waals surface area contributed by atoms with Gasteiger partial charge < -0.3 is 15.5 Å². The van der Waals surface area contributed by atoms with Crippen molar-refractivity contribution in [3.63, 3.8) is 0 Å². The Bertz CT molecular complexity index is 358. The van der Waals surface area contributed by atoms with Gasteiger partial charge in [0.05, 0.1) is 6.10 Å². The minimum Gasteiger partial charge on any atom is -0.480 e. The van der Waals surface area contributed by atoms with Gasteiger partial charge in [-0.2, -0.15) is 0 Å². The third kappa shape index (κ3) is 15.2. The number of carboxylic acid groups (broad SMARTS) is 1. The zero-order valence-corrected chi connectivity index (χ0v) is 17.0. The molecule has 0 aliphatic carbocycles. The number of aliphatic carboxylic acids is 1. The summed E-state index contributed by atoms with van der Waals surface area (Å²) in [5, 5.41) is 20.6. The van der Waals surface area contributed by atoms with Crippen LogP contribution < -0.4 is 5.32 Å². The van der Waals surface area contributed by atoms with Gasteiger partial charge in [0, 0.05) is 6.42 Å². The van der Waals surface area contributed by atoms with Gasteiger partial charge in [0.1, 0.15) is 0 Å². The second-order valence-corrected chi connectivity index (χ2v) is 7.47. The Kier molecular flexibility index (Phi) is 16.6. The molecule has 0 aromatic carbocycles. The fraction of sp³-hybridized carbons (Fsp3) is 0.905. The lowest BCUT2D eigenvalue weighted by molar-refractivity contribution is -0.144. The molecule has 0 spiro atoms. The first-order valence-corrected chi connectivity index (χ1v) is 10.7. The van der Waals surface area contributed by atoms with Crippen LogP contribution in [0.3, 0.4) is 0 Å². The van der Waals surface area contributed by atoms with E-state index in [-0.39, 0.29) is 5.91 Å². The van der Waals surface area contributed by atoms with Gasteiger partial charge in [-0.15, -0.1) is 0 Å². The minimum absolute atomic E-state index is 0.294. The van der Waals surface area contributed by atoms with E-state index >= 15 is 0 Å². The molecule has 154 valence electrons. The number of rotatable bonds is 18. The molecule has 1 amide bonds. The first kappa shape index (κ1) is 24.9. The third-order valence-corrected chi connectivity index (χ3v) is 4.82. The first-order chi connectivity index (χ1) is 12.5. The van der Waals surface area contributed by atoms with Crippen molar-refractivity contribution in [2.24, 2.45) is 0 Å². The smallest absolute Gasteiger partial charge is 0.328 e. The van der Waals surface area contributed by atoms with Crippen LogP contribution in [0.5, 0.6) is 0 Å². The van der Waals surface area contributed by atoms with Crippen molar-refractivity contribution < 1.29 is 19.8 Å². The highest BCUT2D eigenvalue weighted by Crippen LogP contribution is 2.13. The van der Waals surface area contributed by atoms with E-state index in [2.05, 4.69) is 12.2 Å². The largest absolute Gasteiger partial charge is 0.480 e. The van der Waals surface area contributed by atoms with Crippen LogP contribution in [-0.4, -0.2) is 34.2 Å². The maximum Gasteiger partial charge on any atom is 0.328 e. The van der Waals surface area contributed by atoms with Gasteiger partial charge in [-0.3, -0.25) is 4.79 Å². The molecular weight excluding hydrogens is 330 g/mol. The predicted octanol–water partition coefficient (Wildman–Crippen LogP) is 4.81. The normalized spacial score (nSPS) is 13.3. The maximum atomic E-state index is 11.7. The van der Waals surface area contributed by atoms with E-state index in [0.717, 1.165) is 19.3 Å². The molecule has 0 saturated carbocycles. The summed E-state index contributed by atoms with van der Waals surface area (Å²) >= 11 is 0. The predicted molar refractivity (Wildman–Crippen MR) is 106 cm³/mol. The molecule has 5 nitrogen and oxygen atoms in total. The van der Waals surface area contributed by atoms with Gasteiger partial charge in [0.25, 0.3) is 0 Å². The summed E-state index contributed by atoms with van der Waals surface area (Å²) in [6.45, 7) is 3.62. The molecular formula is C21H41NO4. The minimum atomic E-state index is -1.21. The number of carbonyl (C=O) groups excluding carboxylic acids is 1. The van der Waals surface area contributed by atoms with E-state index in [4.69, 9.17) is 5.11 Å². The number of nitrogens with one attached hydrogen (secondary N) is 1. The lowest BCUT2D eigenvalue weighted by atomic mass is 10.0. The molecule has 0 aliphatic heterocycles. The Labute approximate surface area is 159 Å². The summed E-state index contributed by atoms with van der Waals surface area (Å²) in [6.07, 6.45) is 16.9. The van der Waals surface area contributed by atoms with Crippen LogP contribution in [0.15, 0.2) is 0 Å². The average Bonchev–Trinajstić information content (AvgIpc) is 2.59. The van der Waals surface area contributed by atoms with Gasteiger partial charge >= 0.3 is 5.97 Å². The molecule has 0 fully saturated rings. The number of amides is 1. The van der Waals surface area contributed by atoms with Crippen LogP contribution in [0.4, 0.5) is 0 Å². The number of hydrogen-bond donors (Lipinski definition) is 3. The van der Waals surface area contributed by atoms with Crippen molar-refractivity contribution >= 4 is 11.9 Å². The molecule has 0 aromatic heterocycles. The Morgan fingerprint density at radius 3 is 1.50 bits per heavy atom. The lowest BCUT2D eigenvalue weighted by Crippen LogP contribution is -2.47.